The topological polar surface area (TPSA) is 110 Å². The summed E-state index contributed by atoms with van der Waals surface area (Å²) in [5.74, 6) is 0.399. The van der Waals surface area contributed by atoms with E-state index < -0.39 is 0 Å². The van der Waals surface area contributed by atoms with Crippen LogP contribution in [0.1, 0.15) is 38.3 Å². The summed E-state index contributed by atoms with van der Waals surface area (Å²) in [6.45, 7) is 3.34. The second kappa shape index (κ2) is 9.01. The molecule has 30 heavy (non-hydrogen) atoms. The zero-order valence-electron chi connectivity index (χ0n) is 16.8. The molecule has 1 aliphatic carbocycles. The Morgan fingerprint density at radius 2 is 1.87 bits per heavy atom. The van der Waals surface area contributed by atoms with Crippen molar-refractivity contribution in [3.8, 4) is 11.1 Å². The highest BCUT2D eigenvalue weighted by Crippen LogP contribution is 2.33. The fourth-order valence-corrected chi connectivity index (χ4v) is 4.23. The number of halogens is 1. The third kappa shape index (κ3) is 4.73. The van der Waals surface area contributed by atoms with Gasteiger partial charge in [0.1, 0.15) is 5.82 Å². The molecule has 1 fully saturated rings. The minimum absolute atomic E-state index is 0.0139. The molecule has 1 saturated carbocycles. The van der Waals surface area contributed by atoms with Gasteiger partial charge in [-0.2, -0.15) is 5.10 Å². The number of nitrogens with one attached hydrogen (secondary N) is 3. The van der Waals surface area contributed by atoms with Crippen molar-refractivity contribution in [2.75, 3.05) is 11.9 Å². The Morgan fingerprint density at radius 3 is 2.60 bits per heavy atom. The Balaban J connectivity index is 1.38. The van der Waals surface area contributed by atoms with Crippen LogP contribution in [0.5, 0.6) is 0 Å². The second-order valence-corrected chi connectivity index (χ2v) is 8.08. The van der Waals surface area contributed by atoms with Crippen LogP contribution in [0.4, 0.5) is 10.6 Å². The Kier molecular flexibility index (Phi) is 6.19. The number of carbonyl (C=O) groups excluding carboxylic acids is 2. The number of aromatic nitrogens is 3. The maximum Gasteiger partial charge on any atom is 0.320 e. The van der Waals surface area contributed by atoms with E-state index >= 15 is 0 Å². The molecule has 0 spiro atoms. The summed E-state index contributed by atoms with van der Waals surface area (Å²) < 4.78 is 7.45. The van der Waals surface area contributed by atoms with Gasteiger partial charge in [-0.25, -0.2) is 9.78 Å². The van der Waals surface area contributed by atoms with E-state index in [0.29, 0.717) is 30.6 Å². The molecule has 9 nitrogen and oxygen atoms in total. The largest absolute Gasteiger partial charge is 0.373 e. The summed E-state index contributed by atoms with van der Waals surface area (Å²) in [4.78, 5) is 27.9. The van der Waals surface area contributed by atoms with Gasteiger partial charge in [0.25, 0.3) is 0 Å². The van der Waals surface area contributed by atoms with Crippen LogP contribution in [0.2, 0.25) is 5.02 Å². The number of anilines is 1. The van der Waals surface area contributed by atoms with Gasteiger partial charge in [-0.1, -0.05) is 11.6 Å². The molecule has 0 saturated heterocycles. The first-order valence-corrected chi connectivity index (χ1v) is 10.5. The molecule has 2 aliphatic rings. The fourth-order valence-electron chi connectivity index (χ4n) is 4.02. The lowest BCUT2D eigenvalue weighted by Gasteiger charge is -2.29. The summed E-state index contributed by atoms with van der Waals surface area (Å²) >= 11 is 6.37. The maximum absolute atomic E-state index is 12.5. The molecule has 3 amide bonds. The van der Waals surface area contributed by atoms with Gasteiger partial charge in [0.2, 0.25) is 5.91 Å². The lowest BCUT2D eigenvalue weighted by atomic mass is 9.91. The standard InChI is InChI=1S/C20H25ClN6O3/c1-12(28)24-13-2-4-14(5-3-13)25-20(29)26-19-8-15(17(21)10-22-19)16-9-23-27-6-7-30-11-18(16)27/h8-10,13-14H,2-7,11H2,1H3,(H,24,28)(H2,22,25,26,29). The lowest BCUT2D eigenvalue weighted by molar-refractivity contribution is -0.119. The first-order valence-electron chi connectivity index (χ1n) is 10.1. The SMILES string of the molecule is CC(=O)NC1CCC(NC(=O)Nc2cc(-c3cnn4c3COCC4)c(Cl)cn2)CC1. The molecule has 0 radical (unpaired) electrons. The molecule has 2 aromatic heterocycles. The Bertz CT molecular complexity index is 939. The van der Waals surface area contributed by atoms with Crippen molar-refractivity contribution in [1.29, 1.82) is 0 Å². The molecule has 3 heterocycles. The molecule has 0 aromatic carbocycles. The van der Waals surface area contributed by atoms with Gasteiger partial charge >= 0.3 is 6.03 Å². The van der Waals surface area contributed by atoms with Crippen molar-refractivity contribution in [1.82, 2.24) is 25.4 Å². The summed E-state index contributed by atoms with van der Waals surface area (Å²) in [5, 5.41) is 13.6. The van der Waals surface area contributed by atoms with Gasteiger partial charge in [0, 0.05) is 36.3 Å². The minimum atomic E-state index is -0.306. The van der Waals surface area contributed by atoms with Gasteiger partial charge in [0.05, 0.1) is 36.7 Å². The second-order valence-electron chi connectivity index (χ2n) is 7.68. The van der Waals surface area contributed by atoms with Crippen LogP contribution in [0.15, 0.2) is 18.5 Å². The van der Waals surface area contributed by atoms with Crippen LogP contribution in [0.3, 0.4) is 0 Å². The predicted molar refractivity (Wildman–Crippen MR) is 112 cm³/mol. The van der Waals surface area contributed by atoms with Crippen LogP contribution < -0.4 is 16.0 Å². The molecule has 0 unspecified atom stereocenters. The molecular weight excluding hydrogens is 408 g/mol. The number of carbonyl (C=O) groups is 2. The molecule has 3 N–H and O–H groups in total. The van der Waals surface area contributed by atoms with Crippen molar-refractivity contribution < 1.29 is 14.3 Å². The Morgan fingerprint density at radius 1 is 1.13 bits per heavy atom. The third-order valence-electron chi connectivity index (χ3n) is 5.49. The number of urea groups is 1. The number of ether oxygens (including phenoxy) is 1. The molecule has 1 aliphatic heterocycles. The summed E-state index contributed by atoms with van der Waals surface area (Å²) in [5.41, 5.74) is 2.59. The molecule has 4 rings (SSSR count). The van der Waals surface area contributed by atoms with Gasteiger partial charge < -0.3 is 15.4 Å². The van der Waals surface area contributed by atoms with Crippen LogP contribution in [0.25, 0.3) is 11.1 Å². The number of pyridine rings is 1. The quantitative estimate of drug-likeness (QED) is 0.688. The van der Waals surface area contributed by atoms with E-state index in [9.17, 15) is 9.59 Å². The van der Waals surface area contributed by atoms with E-state index in [4.69, 9.17) is 16.3 Å². The molecule has 0 atom stereocenters. The zero-order valence-corrected chi connectivity index (χ0v) is 17.5. The average Bonchev–Trinajstić information content (AvgIpc) is 3.14. The first-order chi connectivity index (χ1) is 14.5. The van der Waals surface area contributed by atoms with Crippen LogP contribution in [-0.2, 0) is 22.7 Å². The van der Waals surface area contributed by atoms with E-state index in [2.05, 4.69) is 26.0 Å². The Hall–Kier alpha value is -2.65. The van der Waals surface area contributed by atoms with E-state index in [1.165, 1.54) is 13.1 Å². The maximum atomic E-state index is 12.5. The molecule has 0 bridgehead atoms. The lowest BCUT2D eigenvalue weighted by Crippen LogP contribution is -2.44. The average molecular weight is 433 g/mol. The number of hydrogen-bond donors (Lipinski definition) is 3. The third-order valence-corrected chi connectivity index (χ3v) is 5.79. The van der Waals surface area contributed by atoms with Gasteiger partial charge in [-0.05, 0) is 31.7 Å². The summed E-state index contributed by atoms with van der Waals surface area (Å²) in [7, 11) is 0. The Labute approximate surface area is 179 Å². The van der Waals surface area contributed by atoms with E-state index in [-0.39, 0.29) is 24.0 Å². The van der Waals surface area contributed by atoms with Crippen molar-refractivity contribution in [2.24, 2.45) is 0 Å². The zero-order chi connectivity index (χ0) is 21.1. The first kappa shape index (κ1) is 20.6. The highest BCUT2D eigenvalue weighted by molar-refractivity contribution is 6.33. The smallest absolute Gasteiger partial charge is 0.320 e. The van der Waals surface area contributed by atoms with Crippen molar-refractivity contribution >= 4 is 29.4 Å². The summed E-state index contributed by atoms with van der Waals surface area (Å²) in [6.07, 6.45) is 6.63. The highest BCUT2D eigenvalue weighted by atomic mass is 35.5. The molecule has 2 aromatic rings. The number of nitrogens with zero attached hydrogens (tertiary/aromatic N) is 3. The van der Waals surface area contributed by atoms with Crippen molar-refractivity contribution in [2.45, 2.75) is 57.8 Å². The number of hydrogen-bond acceptors (Lipinski definition) is 5. The van der Waals surface area contributed by atoms with Gasteiger partial charge in [0.15, 0.2) is 0 Å². The molecule has 10 heteroatoms. The van der Waals surface area contributed by atoms with Crippen LogP contribution >= 0.6 is 11.6 Å². The van der Waals surface area contributed by atoms with Gasteiger partial charge in [-0.3, -0.25) is 14.8 Å². The van der Waals surface area contributed by atoms with Crippen LogP contribution in [0, 0.1) is 0 Å². The number of amides is 3. The number of fused-ring (bicyclic) bond motifs is 1. The van der Waals surface area contributed by atoms with E-state index in [0.717, 1.165) is 42.5 Å². The monoisotopic (exact) mass is 432 g/mol. The summed E-state index contributed by atoms with van der Waals surface area (Å²) in [6, 6.07) is 1.71. The van der Waals surface area contributed by atoms with Crippen LogP contribution in [-0.4, -0.2) is 45.4 Å². The van der Waals surface area contributed by atoms with Gasteiger partial charge in [-0.15, -0.1) is 0 Å². The van der Waals surface area contributed by atoms with Crippen molar-refractivity contribution in [3.05, 3.63) is 29.2 Å². The number of rotatable bonds is 4. The molecule has 160 valence electrons. The molecular formula is C20H25ClN6O3. The predicted octanol–water partition coefficient (Wildman–Crippen LogP) is 2.70. The normalized spacial score (nSPS) is 20.9. The highest BCUT2D eigenvalue weighted by Gasteiger charge is 2.23. The van der Waals surface area contributed by atoms with E-state index in [1.807, 2.05) is 4.68 Å². The minimum Gasteiger partial charge on any atom is -0.373 e. The fraction of sp³-hybridized carbons (Fsp3) is 0.500. The van der Waals surface area contributed by atoms with Crippen molar-refractivity contribution in [3.63, 3.8) is 0 Å². The van der Waals surface area contributed by atoms with E-state index in [1.54, 1.807) is 12.3 Å².